The number of methoxy groups -OCH3 is 4. The number of hydrogen-bond donors (Lipinski definition) is 3. The van der Waals surface area contributed by atoms with Crippen molar-refractivity contribution in [2.24, 2.45) is 11.8 Å². The summed E-state index contributed by atoms with van der Waals surface area (Å²) in [6.07, 6.45) is 6.21. The largest absolute Gasteiger partial charge is 0.497 e. The van der Waals surface area contributed by atoms with E-state index in [4.69, 9.17) is 28.4 Å². The maximum absolute atomic E-state index is 13.0. The maximum atomic E-state index is 13.0. The Morgan fingerprint density at radius 3 is 1.90 bits per heavy atom. The number of carboxylic acid groups (broad SMARTS) is 1. The predicted octanol–water partition coefficient (Wildman–Crippen LogP) is 9.16. The van der Waals surface area contributed by atoms with Gasteiger partial charge in [0.05, 0.1) is 39.8 Å². The molecule has 2 unspecified atom stereocenters. The first kappa shape index (κ1) is 46.2. The van der Waals surface area contributed by atoms with Crippen LogP contribution in [0.15, 0.2) is 78.9 Å². The number of nitrogens with one attached hydrogen (secondary N) is 2. The Hall–Kier alpha value is -6.18. The van der Waals surface area contributed by atoms with Crippen molar-refractivity contribution in [3.8, 4) is 46.0 Å². The van der Waals surface area contributed by atoms with E-state index in [0.717, 1.165) is 32.1 Å². The fourth-order valence-electron chi connectivity index (χ4n) is 6.05. The lowest BCUT2D eigenvalue weighted by molar-refractivity contribution is -0.145. The highest BCUT2D eigenvalue weighted by Crippen LogP contribution is 2.41. The zero-order chi connectivity index (χ0) is 41.3. The highest BCUT2D eigenvalue weighted by Gasteiger charge is 2.36. The van der Waals surface area contributed by atoms with Gasteiger partial charge in [-0.15, -0.1) is 0 Å². The van der Waals surface area contributed by atoms with Gasteiger partial charge >= 0.3 is 5.97 Å². The summed E-state index contributed by atoms with van der Waals surface area (Å²) in [4.78, 5) is 49.7. The molecule has 1 aliphatic rings. The first-order valence-electron chi connectivity index (χ1n) is 19.0. The summed E-state index contributed by atoms with van der Waals surface area (Å²) in [5.41, 5.74) is 1.16. The molecule has 13 nitrogen and oxygen atoms in total. The second-order valence-corrected chi connectivity index (χ2v) is 13.2. The predicted molar refractivity (Wildman–Crippen MR) is 222 cm³/mol. The SMILES string of the molecule is CCCCCC(C(=O)O)C(=O)Nc1ccc(OC)cc1Oc1ccc(OC)cc1.CCCCCC1C(=O)Nc2c(Oc3cccc(OC)c3)cc(OC)cc2C1=O.[B]. The van der Waals surface area contributed by atoms with E-state index in [1.54, 1.807) is 93.1 Å². The van der Waals surface area contributed by atoms with Crippen LogP contribution in [0.5, 0.6) is 46.0 Å². The number of ketones is 1. The number of rotatable bonds is 19. The van der Waals surface area contributed by atoms with Gasteiger partial charge in [-0.1, -0.05) is 58.4 Å². The molecule has 4 aromatic rings. The van der Waals surface area contributed by atoms with E-state index < -0.39 is 23.7 Å². The molecule has 2 atom stereocenters. The van der Waals surface area contributed by atoms with Crippen LogP contribution in [-0.4, -0.2) is 65.5 Å². The fourth-order valence-corrected chi connectivity index (χ4v) is 6.05. The number of Topliss-reactive ketones (excluding diaryl/α,β-unsaturated/α-hetero) is 1. The summed E-state index contributed by atoms with van der Waals surface area (Å²) in [6.45, 7) is 4.11. The Morgan fingerprint density at radius 2 is 1.26 bits per heavy atom. The van der Waals surface area contributed by atoms with Crippen molar-refractivity contribution < 1.29 is 52.7 Å². The molecule has 5 rings (SSSR count). The van der Waals surface area contributed by atoms with E-state index in [0.29, 0.717) is 82.2 Å². The summed E-state index contributed by atoms with van der Waals surface area (Å²) in [7, 11) is 6.20. The molecule has 58 heavy (non-hydrogen) atoms. The molecule has 0 saturated heterocycles. The summed E-state index contributed by atoms with van der Waals surface area (Å²) in [5, 5.41) is 15.0. The van der Waals surface area contributed by atoms with Crippen molar-refractivity contribution in [1.82, 2.24) is 0 Å². The Kier molecular flexibility index (Phi) is 18.4. The van der Waals surface area contributed by atoms with Gasteiger partial charge in [-0.3, -0.25) is 19.2 Å². The number of unbranched alkanes of at least 4 members (excludes halogenated alkanes) is 4. The van der Waals surface area contributed by atoms with Crippen molar-refractivity contribution >= 4 is 43.4 Å². The van der Waals surface area contributed by atoms with Gasteiger partial charge in [0, 0.05) is 32.2 Å². The zero-order valence-corrected chi connectivity index (χ0v) is 33.9. The third-order valence-electron chi connectivity index (χ3n) is 9.27. The van der Waals surface area contributed by atoms with E-state index >= 15 is 0 Å². The molecular formula is C44H52BN2O11. The van der Waals surface area contributed by atoms with Crippen molar-refractivity contribution in [3.05, 3.63) is 84.4 Å². The monoisotopic (exact) mass is 795 g/mol. The molecule has 2 amide bonds. The second-order valence-electron chi connectivity index (χ2n) is 13.2. The summed E-state index contributed by atoms with van der Waals surface area (Å²) >= 11 is 0. The third-order valence-corrected chi connectivity index (χ3v) is 9.27. The van der Waals surface area contributed by atoms with E-state index in [-0.39, 0.29) is 20.1 Å². The molecule has 3 N–H and O–H groups in total. The lowest BCUT2D eigenvalue weighted by Crippen LogP contribution is -2.35. The van der Waals surface area contributed by atoms with Crippen molar-refractivity contribution in [3.63, 3.8) is 0 Å². The van der Waals surface area contributed by atoms with Crippen molar-refractivity contribution in [1.29, 1.82) is 0 Å². The van der Waals surface area contributed by atoms with E-state index in [1.807, 2.05) is 6.92 Å². The van der Waals surface area contributed by atoms with Crippen LogP contribution >= 0.6 is 0 Å². The summed E-state index contributed by atoms with van der Waals surface area (Å²) < 4.78 is 32.8. The van der Waals surface area contributed by atoms with Crippen LogP contribution < -0.4 is 39.1 Å². The minimum atomic E-state index is -1.13. The number of amides is 2. The molecular weight excluding hydrogens is 743 g/mol. The Labute approximate surface area is 341 Å². The van der Waals surface area contributed by atoms with Gasteiger partial charge in [0.25, 0.3) is 0 Å². The van der Waals surface area contributed by atoms with Gasteiger partial charge in [0.2, 0.25) is 11.8 Å². The molecule has 4 aromatic carbocycles. The van der Waals surface area contributed by atoms with Crippen LogP contribution in [0.25, 0.3) is 0 Å². The number of hydrogen-bond acceptors (Lipinski definition) is 10. The number of carbonyl (C=O) groups excluding carboxylic acids is 3. The highest BCUT2D eigenvalue weighted by atomic mass is 16.5. The minimum absolute atomic E-state index is 0. The Morgan fingerprint density at radius 1 is 0.690 bits per heavy atom. The lowest BCUT2D eigenvalue weighted by Gasteiger charge is -2.26. The van der Waals surface area contributed by atoms with E-state index in [2.05, 4.69) is 17.6 Å². The second kappa shape index (κ2) is 23.2. The average Bonchev–Trinajstić information content (AvgIpc) is 3.22. The maximum Gasteiger partial charge on any atom is 0.316 e. The molecule has 0 saturated carbocycles. The first-order valence-corrected chi connectivity index (χ1v) is 19.0. The number of carboxylic acids is 1. The quantitative estimate of drug-likeness (QED) is 0.0470. The molecule has 1 heterocycles. The van der Waals surface area contributed by atoms with Gasteiger partial charge in [-0.25, -0.2) is 0 Å². The van der Waals surface area contributed by atoms with Crippen LogP contribution in [-0.2, 0) is 14.4 Å². The number of benzene rings is 4. The van der Waals surface area contributed by atoms with E-state index in [1.165, 1.54) is 14.2 Å². The number of ether oxygens (including phenoxy) is 6. The Balaban J connectivity index is 0.000000305. The summed E-state index contributed by atoms with van der Waals surface area (Å²) in [5.74, 6) is 0.177. The van der Waals surface area contributed by atoms with Gasteiger partial charge in [0.1, 0.15) is 46.3 Å². The van der Waals surface area contributed by atoms with Gasteiger partial charge in [-0.05, 0) is 67.4 Å². The molecule has 14 heteroatoms. The molecule has 0 fully saturated rings. The van der Waals surface area contributed by atoms with Gasteiger partial charge in [0.15, 0.2) is 17.3 Å². The molecule has 0 bridgehead atoms. The smallest absolute Gasteiger partial charge is 0.316 e. The average molecular weight is 796 g/mol. The third kappa shape index (κ3) is 12.7. The molecule has 3 radical (unpaired) electrons. The molecule has 1 aliphatic heterocycles. The topological polar surface area (TPSA) is 168 Å². The molecule has 307 valence electrons. The minimum Gasteiger partial charge on any atom is -0.497 e. The van der Waals surface area contributed by atoms with E-state index in [9.17, 15) is 24.3 Å². The lowest BCUT2D eigenvalue weighted by atomic mass is 9.87. The van der Waals surface area contributed by atoms with Gasteiger partial charge < -0.3 is 44.2 Å². The normalized spacial score (nSPS) is 13.2. The zero-order valence-electron chi connectivity index (χ0n) is 33.9. The Bertz CT molecular complexity index is 1990. The van der Waals surface area contributed by atoms with Crippen molar-refractivity contribution in [2.45, 2.75) is 65.2 Å². The fraction of sp³-hybridized carbons (Fsp3) is 0.364. The van der Waals surface area contributed by atoms with Crippen LogP contribution in [0.4, 0.5) is 11.4 Å². The van der Waals surface area contributed by atoms with Crippen LogP contribution in [0.2, 0.25) is 0 Å². The molecule has 0 aliphatic carbocycles. The number of carbonyl (C=O) groups is 4. The number of fused-ring (bicyclic) bond motifs is 1. The first-order chi connectivity index (χ1) is 27.5. The standard InChI is InChI=1S/C22H27NO6.C22H25NO5.B/c1-4-5-6-7-18(22(25)26)21(24)23-19-13-12-17(28-3)14-20(19)29-16-10-8-15(27-2)9-11-16;1-4-5-6-10-17-21(24)18-12-16(27-3)13-19(20(18)23-22(17)25)28-15-9-7-8-14(11-15)26-2;/h8-14,18H,4-7H2,1-3H3,(H,23,24)(H,25,26);7-9,11-13,17H,4-6,10H2,1-3H3,(H,23,25);. The van der Waals surface area contributed by atoms with Crippen LogP contribution in [0.3, 0.4) is 0 Å². The van der Waals surface area contributed by atoms with Crippen LogP contribution in [0, 0.1) is 11.8 Å². The molecule has 0 aromatic heterocycles. The number of anilines is 2. The highest BCUT2D eigenvalue weighted by molar-refractivity contribution is 6.22. The molecule has 0 spiro atoms. The van der Waals surface area contributed by atoms with Crippen LogP contribution in [0.1, 0.15) is 75.6 Å². The number of aliphatic carboxylic acids is 1. The summed E-state index contributed by atoms with van der Waals surface area (Å²) in [6, 6.07) is 22.3. The van der Waals surface area contributed by atoms with Crippen molar-refractivity contribution in [2.75, 3.05) is 39.1 Å². The van der Waals surface area contributed by atoms with Gasteiger partial charge in [-0.2, -0.15) is 0 Å².